The van der Waals surface area contributed by atoms with Crippen molar-refractivity contribution in [1.82, 2.24) is 0 Å². The second kappa shape index (κ2) is 11.9. The molecule has 3 rings (SSSR count). The van der Waals surface area contributed by atoms with Gasteiger partial charge in [-0.1, -0.05) is 52.0 Å². The van der Waals surface area contributed by atoms with Crippen LogP contribution in [0, 0.1) is 29.4 Å². The minimum Gasteiger partial charge on any atom is -0.462 e. The summed E-state index contributed by atoms with van der Waals surface area (Å²) >= 11 is 0. The molecule has 1 aromatic carbocycles. The minimum absolute atomic E-state index is 0.0125. The summed E-state index contributed by atoms with van der Waals surface area (Å²) in [4.78, 5) is 0. The first-order valence-corrected chi connectivity index (χ1v) is 12.4. The van der Waals surface area contributed by atoms with Crippen molar-refractivity contribution in [2.24, 2.45) is 17.8 Å². The van der Waals surface area contributed by atoms with Gasteiger partial charge in [0.2, 0.25) is 5.82 Å². The topological polar surface area (TPSA) is 9.23 Å². The Labute approximate surface area is 182 Å². The van der Waals surface area contributed by atoms with E-state index >= 15 is 0 Å². The lowest BCUT2D eigenvalue weighted by Gasteiger charge is -2.38. The van der Waals surface area contributed by atoms with Gasteiger partial charge in [0.05, 0.1) is 6.26 Å². The number of hydrogen-bond donors (Lipinski definition) is 0. The molecule has 2 saturated carbocycles. The Morgan fingerprint density at radius 2 is 1.53 bits per heavy atom. The zero-order chi connectivity index (χ0) is 21.3. The molecule has 3 heteroatoms. The van der Waals surface area contributed by atoms with Gasteiger partial charge in [-0.2, -0.15) is 4.39 Å². The van der Waals surface area contributed by atoms with Crippen molar-refractivity contribution < 1.29 is 13.5 Å². The normalized spacial score (nSPS) is 27.5. The summed E-state index contributed by atoms with van der Waals surface area (Å²) < 4.78 is 34.6. The van der Waals surface area contributed by atoms with Crippen LogP contribution in [0.15, 0.2) is 24.5 Å². The lowest BCUT2D eigenvalue weighted by Crippen LogP contribution is -2.25. The van der Waals surface area contributed by atoms with Gasteiger partial charge in [-0.3, -0.25) is 0 Å². The molecular weight excluding hydrogens is 378 g/mol. The number of unbranched alkanes of at least 4 members (excludes halogenated alkanes) is 2. The Kier molecular flexibility index (Phi) is 9.21. The molecule has 0 atom stereocenters. The van der Waals surface area contributed by atoms with Crippen LogP contribution in [0.5, 0.6) is 5.75 Å². The van der Waals surface area contributed by atoms with Crippen LogP contribution < -0.4 is 4.74 Å². The molecule has 0 aromatic heterocycles. The molecule has 0 unspecified atom stereocenters. The van der Waals surface area contributed by atoms with Gasteiger partial charge in [0.1, 0.15) is 0 Å². The predicted octanol–water partition coefficient (Wildman–Crippen LogP) is 8.93. The van der Waals surface area contributed by atoms with Crippen molar-refractivity contribution in [2.75, 3.05) is 0 Å². The average Bonchev–Trinajstić information content (AvgIpc) is 2.77. The number of hydrogen-bond acceptors (Lipinski definition) is 1. The Morgan fingerprint density at radius 3 is 2.17 bits per heavy atom. The van der Waals surface area contributed by atoms with Crippen LogP contribution >= 0.6 is 0 Å². The maximum atomic E-state index is 14.8. The fourth-order valence-electron chi connectivity index (χ4n) is 5.72. The third kappa shape index (κ3) is 6.08. The maximum Gasteiger partial charge on any atom is 0.201 e. The summed E-state index contributed by atoms with van der Waals surface area (Å²) in [7, 11) is 0. The van der Waals surface area contributed by atoms with E-state index in [1.165, 1.54) is 44.8 Å². The molecule has 0 bridgehead atoms. The summed E-state index contributed by atoms with van der Waals surface area (Å²) in [5, 5.41) is 0. The SMILES string of the molecule is CCCCC=COc1ccc(C2CCC(C3CCC(CCC)CC3)CC2)c(F)c1F. The number of halogens is 2. The molecule has 0 saturated heterocycles. The lowest BCUT2D eigenvalue weighted by molar-refractivity contribution is 0.156. The van der Waals surface area contributed by atoms with Crippen LogP contribution in [0.4, 0.5) is 8.78 Å². The molecule has 2 fully saturated rings. The van der Waals surface area contributed by atoms with Crippen molar-refractivity contribution in [3.63, 3.8) is 0 Å². The summed E-state index contributed by atoms with van der Waals surface area (Å²) in [5.41, 5.74) is 0.542. The van der Waals surface area contributed by atoms with Gasteiger partial charge in [-0.05, 0) is 92.7 Å². The fourth-order valence-corrected chi connectivity index (χ4v) is 5.72. The molecular formula is C27H40F2O. The standard InChI is InChI=1S/C27H40F2O/c1-3-5-6-7-19-30-25-18-17-24(26(28)27(25)29)23-15-13-22(14-16-23)21-11-9-20(8-4-2)10-12-21/h7,17-23H,3-6,8-16H2,1-2H3. The van der Waals surface area contributed by atoms with Crippen molar-refractivity contribution in [3.8, 4) is 5.75 Å². The number of benzene rings is 1. The summed E-state index contributed by atoms with van der Waals surface area (Å²) in [6, 6.07) is 3.34. The Bertz CT molecular complexity index is 668. The van der Waals surface area contributed by atoms with E-state index in [4.69, 9.17) is 4.74 Å². The molecule has 0 spiro atoms. The van der Waals surface area contributed by atoms with Crippen LogP contribution in [0.25, 0.3) is 0 Å². The number of ether oxygens (including phenoxy) is 1. The first-order valence-electron chi connectivity index (χ1n) is 12.4. The van der Waals surface area contributed by atoms with E-state index in [1.54, 1.807) is 12.1 Å². The number of rotatable bonds is 9. The van der Waals surface area contributed by atoms with Crippen molar-refractivity contribution in [3.05, 3.63) is 41.7 Å². The zero-order valence-corrected chi connectivity index (χ0v) is 19.0. The molecule has 1 aromatic rings. The lowest BCUT2D eigenvalue weighted by atomic mass is 9.68. The summed E-state index contributed by atoms with van der Waals surface area (Å²) in [5.74, 6) is 1.16. The van der Waals surface area contributed by atoms with Crippen LogP contribution in [-0.4, -0.2) is 0 Å². The Balaban J connectivity index is 1.51. The van der Waals surface area contributed by atoms with E-state index in [2.05, 4.69) is 13.8 Å². The molecule has 0 N–H and O–H groups in total. The van der Waals surface area contributed by atoms with Crippen molar-refractivity contribution >= 4 is 0 Å². The van der Waals surface area contributed by atoms with Gasteiger partial charge >= 0.3 is 0 Å². The van der Waals surface area contributed by atoms with Gasteiger partial charge in [0.15, 0.2) is 11.6 Å². The average molecular weight is 419 g/mol. The maximum absolute atomic E-state index is 14.8. The molecule has 168 valence electrons. The van der Waals surface area contributed by atoms with Crippen LogP contribution in [0.1, 0.15) is 109 Å². The summed E-state index contributed by atoms with van der Waals surface area (Å²) in [6.07, 6.45) is 18.9. The molecule has 2 aliphatic carbocycles. The highest BCUT2D eigenvalue weighted by Crippen LogP contribution is 2.45. The Hall–Kier alpha value is -1.38. The van der Waals surface area contributed by atoms with Gasteiger partial charge < -0.3 is 4.74 Å². The molecule has 2 aliphatic rings. The zero-order valence-electron chi connectivity index (χ0n) is 19.0. The van der Waals surface area contributed by atoms with Gasteiger partial charge in [-0.25, -0.2) is 4.39 Å². The van der Waals surface area contributed by atoms with Gasteiger partial charge in [0.25, 0.3) is 0 Å². The molecule has 0 radical (unpaired) electrons. The fraction of sp³-hybridized carbons (Fsp3) is 0.704. The third-order valence-corrected chi connectivity index (χ3v) is 7.56. The molecule has 0 aliphatic heterocycles. The van der Waals surface area contributed by atoms with E-state index in [1.807, 2.05) is 6.08 Å². The monoisotopic (exact) mass is 418 g/mol. The van der Waals surface area contributed by atoms with E-state index < -0.39 is 11.6 Å². The third-order valence-electron chi connectivity index (χ3n) is 7.56. The van der Waals surface area contributed by atoms with Gasteiger partial charge in [0, 0.05) is 0 Å². The van der Waals surface area contributed by atoms with Crippen molar-refractivity contribution in [2.45, 2.75) is 103 Å². The molecule has 1 nitrogen and oxygen atoms in total. The van der Waals surface area contributed by atoms with Crippen LogP contribution in [0.2, 0.25) is 0 Å². The highest BCUT2D eigenvalue weighted by molar-refractivity contribution is 5.33. The van der Waals surface area contributed by atoms with E-state index in [0.29, 0.717) is 5.56 Å². The minimum atomic E-state index is -0.844. The molecule has 0 amide bonds. The Morgan fingerprint density at radius 1 is 0.867 bits per heavy atom. The second-order valence-electron chi connectivity index (χ2n) is 9.59. The van der Waals surface area contributed by atoms with Crippen LogP contribution in [0.3, 0.4) is 0 Å². The first-order chi connectivity index (χ1) is 14.6. The highest BCUT2D eigenvalue weighted by Gasteiger charge is 2.32. The van der Waals surface area contributed by atoms with Gasteiger partial charge in [-0.15, -0.1) is 0 Å². The number of allylic oxidation sites excluding steroid dienone is 1. The van der Waals surface area contributed by atoms with E-state index in [0.717, 1.165) is 62.7 Å². The largest absolute Gasteiger partial charge is 0.462 e. The predicted molar refractivity (Wildman–Crippen MR) is 121 cm³/mol. The second-order valence-corrected chi connectivity index (χ2v) is 9.59. The highest BCUT2D eigenvalue weighted by atomic mass is 19.2. The van der Waals surface area contributed by atoms with Crippen LogP contribution in [-0.2, 0) is 0 Å². The molecule has 0 heterocycles. The van der Waals surface area contributed by atoms with E-state index in [9.17, 15) is 8.78 Å². The smallest absolute Gasteiger partial charge is 0.201 e. The van der Waals surface area contributed by atoms with E-state index in [-0.39, 0.29) is 11.7 Å². The first kappa shape index (κ1) is 23.3. The summed E-state index contributed by atoms with van der Waals surface area (Å²) in [6.45, 7) is 4.41. The van der Waals surface area contributed by atoms with Crippen molar-refractivity contribution in [1.29, 1.82) is 0 Å². The quantitative estimate of drug-likeness (QED) is 0.287. The molecule has 30 heavy (non-hydrogen) atoms.